The molecule has 5 heteroatoms. The second kappa shape index (κ2) is 4.83. The summed E-state index contributed by atoms with van der Waals surface area (Å²) in [6.07, 6.45) is 3.71. The molecule has 2 rings (SSSR count). The van der Waals surface area contributed by atoms with Crippen LogP contribution in [0, 0.1) is 0 Å². The molecule has 2 aromatic rings. The summed E-state index contributed by atoms with van der Waals surface area (Å²) in [6.45, 7) is 2.10. The van der Waals surface area contributed by atoms with Gasteiger partial charge in [-0.25, -0.2) is 4.98 Å². The molecule has 0 spiro atoms. The molecule has 80 valence electrons. The van der Waals surface area contributed by atoms with Crippen molar-refractivity contribution in [2.45, 2.75) is 25.8 Å². The molecule has 0 bridgehead atoms. The predicted molar refractivity (Wildman–Crippen MR) is 65.2 cm³/mol. The molecule has 2 aromatic heterocycles. The van der Waals surface area contributed by atoms with E-state index in [1.165, 1.54) is 0 Å². The van der Waals surface area contributed by atoms with Crippen molar-refractivity contribution in [3.63, 3.8) is 0 Å². The van der Waals surface area contributed by atoms with Crippen LogP contribution in [0.25, 0.3) is 9.88 Å². The standard InChI is InChI=1S/C10H13N3S2/c1-2-7(11)3-8-5-14-10(13-8)9-4-12-6-15-9/h4-7H,2-3,11H2,1H3. The van der Waals surface area contributed by atoms with Gasteiger partial charge in [0.1, 0.15) is 5.01 Å². The number of hydrogen-bond acceptors (Lipinski definition) is 5. The molecule has 15 heavy (non-hydrogen) atoms. The van der Waals surface area contributed by atoms with E-state index in [-0.39, 0.29) is 6.04 Å². The number of rotatable bonds is 4. The van der Waals surface area contributed by atoms with E-state index in [2.05, 4.69) is 22.3 Å². The lowest BCUT2D eigenvalue weighted by Gasteiger charge is -2.04. The number of hydrogen-bond donors (Lipinski definition) is 1. The molecule has 0 aromatic carbocycles. The maximum absolute atomic E-state index is 5.89. The zero-order valence-corrected chi connectivity index (χ0v) is 10.1. The van der Waals surface area contributed by atoms with Crippen molar-refractivity contribution in [3.05, 3.63) is 22.8 Å². The summed E-state index contributed by atoms with van der Waals surface area (Å²) in [7, 11) is 0. The Morgan fingerprint density at radius 3 is 3.00 bits per heavy atom. The van der Waals surface area contributed by atoms with Crippen LogP contribution < -0.4 is 5.73 Å². The zero-order chi connectivity index (χ0) is 10.7. The fourth-order valence-electron chi connectivity index (χ4n) is 1.25. The Kier molecular flexibility index (Phi) is 3.45. The molecule has 0 radical (unpaired) electrons. The van der Waals surface area contributed by atoms with E-state index in [1.807, 2.05) is 11.7 Å². The van der Waals surface area contributed by atoms with E-state index in [4.69, 9.17) is 5.73 Å². The average molecular weight is 239 g/mol. The van der Waals surface area contributed by atoms with Gasteiger partial charge in [-0.2, -0.15) is 0 Å². The minimum absolute atomic E-state index is 0.224. The highest BCUT2D eigenvalue weighted by molar-refractivity contribution is 7.19. The molecule has 0 aliphatic carbocycles. The van der Waals surface area contributed by atoms with Gasteiger partial charge in [0.15, 0.2) is 0 Å². The van der Waals surface area contributed by atoms with Crippen LogP contribution in [0.1, 0.15) is 19.0 Å². The van der Waals surface area contributed by atoms with Gasteiger partial charge >= 0.3 is 0 Å². The minimum atomic E-state index is 0.224. The Bertz CT molecular complexity index is 408. The smallest absolute Gasteiger partial charge is 0.135 e. The van der Waals surface area contributed by atoms with Gasteiger partial charge in [-0.05, 0) is 6.42 Å². The second-order valence-corrected chi connectivity index (χ2v) is 5.13. The van der Waals surface area contributed by atoms with Gasteiger partial charge in [0.25, 0.3) is 0 Å². The monoisotopic (exact) mass is 239 g/mol. The summed E-state index contributed by atoms with van der Waals surface area (Å²) in [5.41, 5.74) is 8.81. The van der Waals surface area contributed by atoms with E-state index < -0.39 is 0 Å². The largest absolute Gasteiger partial charge is 0.327 e. The number of nitrogens with two attached hydrogens (primary N) is 1. The first-order chi connectivity index (χ1) is 7.29. The summed E-state index contributed by atoms with van der Waals surface area (Å²) < 4.78 is 0. The van der Waals surface area contributed by atoms with E-state index in [0.717, 1.165) is 28.4 Å². The molecule has 0 aliphatic rings. The minimum Gasteiger partial charge on any atom is -0.327 e. The van der Waals surface area contributed by atoms with Crippen LogP contribution >= 0.6 is 22.7 Å². The van der Waals surface area contributed by atoms with Crippen molar-refractivity contribution in [2.75, 3.05) is 0 Å². The molecule has 0 fully saturated rings. The molecule has 1 atom stereocenters. The lowest BCUT2D eigenvalue weighted by Crippen LogP contribution is -2.21. The van der Waals surface area contributed by atoms with Crippen molar-refractivity contribution in [1.29, 1.82) is 0 Å². The molecule has 0 amide bonds. The topological polar surface area (TPSA) is 51.8 Å². The van der Waals surface area contributed by atoms with Gasteiger partial charge in [-0.1, -0.05) is 6.92 Å². The first-order valence-corrected chi connectivity index (χ1v) is 6.64. The van der Waals surface area contributed by atoms with Crippen LogP contribution in [0.4, 0.5) is 0 Å². The third-order valence-corrected chi connectivity index (χ3v) is 4.02. The second-order valence-electron chi connectivity index (χ2n) is 3.38. The molecule has 2 heterocycles. The van der Waals surface area contributed by atoms with Crippen LogP contribution in [0.3, 0.4) is 0 Å². The highest BCUT2D eigenvalue weighted by atomic mass is 32.1. The van der Waals surface area contributed by atoms with Crippen LogP contribution in [-0.4, -0.2) is 16.0 Å². The van der Waals surface area contributed by atoms with Gasteiger partial charge in [0.2, 0.25) is 0 Å². The maximum Gasteiger partial charge on any atom is 0.135 e. The molecule has 0 aliphatic heterocycles. The molecular weight excluding hydrogens is 226 g/mol. The first kappa shape index (κ1) is 10.7. The fourth-order valence-corrected chi connectivity index (χ4v) is 2.78. The highest BCUT2D eigenvalue weighted by Crippen LogP contribution is 2.26. The van der Waals surface area contributed by atoms with E-state index in [9.17, 15) is 0 Å². The van der Waals surface area contributed by atoms with Crippen molar-refractivity contribution >= 4 is 22.7 Å². The fraction of sp³-hybridized carbons (Fsp3) is 0.400. The third-order valence-electron chi connectivity index (χ3n) is 2.19. The number of aromatic nitrogens is 2. The van der Waals surface area contributed by atoms with Crippen LogP contribution in [-0.2, 0) is 6.42 Å². The molecule has 3 nitrogen and oxygen atoms in total. The average Bonchev–Trinajstić information content (AvgIpc) is 2.85. The Morgan fingerprint density at radius 2 is 2.33 bits per heavy atom. The van der Waals surface area contributed by atoms with Gasteiger partial charge in [0, 0.05) is 24.0 Å². The van der Waals surface area contributed by atoms with E-state index >= 15 is 0 Å². The summed E-state index contributed by atoms with van der Waals surface area (Å²) in [5.74, 6) is 0. The quantitative estimate of drug-likeness (QED) is 0.892. The summed E-state index contributed by atoms with van der Waals surface area (Å²) in [5, 5.41) is 3.14. The number of nitrogens with zero attached hydrogens (tertiary/aromatic N) is 2. The maximum atomic E-state index is 5.89. The van der Waals surface area contributed by atoms with Crippen LogP contribution in [0.2, 0.25) is 0 Å². The summed E-state index contributed by atoms with van der Waals surface area (Å²) in [4.78, 5) is 9.73. The zero-order valence-electron chi connectivity index (χ0n) is 8.51. The van der Waals surface area contributed by atoms with Crippen molar-refractivity contribution in [3.8, 4) is 9.88 Å². The van der Waals surface area contributed by atoms with Gasteiger partial charge in [-0.15, -0.1) is 22.7 Å². The summed E-state index contributed by atoms with van der Waals surface area (Å²) >= 11 is 3.28. The van der Waals surface area contributed by atoms with Crippen molar-refractivity contribution in [1.82, 2.24) is 9.97 Å². The molecule has 2 N–H and O–H groups in total. The SMILES string of the molecule is CCC(N)Cc1csc(-c2cncs2)n1. The Morgan fingerprint density at radius 1 is 1.47 bits per heavy atom. The van der Waals surface area contributed by atoms with Gasteiger partial charge in [-0.3, -0.25) is 4.98 Å². The van der Waals surface area contributed by atoms with Gasteiger partial charge < -0.3 is 5.73 Å². The van der Waals surface area contributed by atoms with E-state index in [1.54, 1.807) is 22.7 Å². The van der Waals surface area contributed by atoms with Gasteiger partial charge in [0.05, 0.1) is 16.1 Å². The van der Waals surface area contributed by atoms with Crippen molar-refractivity contribution in [2.24, 2.45) is 5.73 Å². The Hall–Kier alpha value is -0.780. The Labute approximate surface area is 97.0 Å². The predicted octanol–water partition coefficient (Wildman–Crippen LogP) is 2.55. The van der Waals surface area contributed by atoms with Crippen molar-refractivity contribution < 1.29 is 0 Å². The molecular formula is C10H13N3S2. The lowest BCUT2D eigenvalue weighted by atomic mass is 10.1. The molecule has 0 saturated carbocycles. The molecule has 0 saturated heterocycles. The van der Waals surface area contributed by atoms with E-state index in [0.29, 0.717) is 0 Å². The highest BCUT2D eigenvalue weighted by Gasteiger charge is 2.08. The lowest BCUT2D eigenvalue weighted by molar-refractivity contribution is 0.639. The normalized spacial score (nSPS) is 12.9. The molecule has 1 unspecified atom stereocenters. The van der Waals surface area contributed by atoms with Crippen LogP contribution in [0.15, 0.2) is 17.1 Å². The first-order valence-electron chi connectivity index (χ1n) is 4.88. The Balaban J connectivity index is 2.11. The van der Waals surface area contributed by atoms with Crippen LogP contribution in [0.5, 0.6) is 0 Å². The third kappa shape index (κ3) is 2.62. The number of thiazole rings is 2. The summed E-state index contributed by atoms with van der Waals surface area (Å²) in [6, 6.07) is 0.224.